The Labute approximate surface area is 845 Å². The summed E-state index contributed by atoms with van der Waals surface area (Å²) in [4.78, 5) is 2.29. The van der Waals surface area contributed by atoms with E-state index in [4.69, 9.17) is 28.1 Å². The third-order valence-corrected chi connectivity index (χ3v) is 30.5. The molecule has 13 heteroatoms. The Morgan fingerprint density at radius 1 is 0.326 bits per heavy atom. The second kappa shape index (κ2) is 52.1. The van der Waals surface area contributed by atoms with Gasteiger partial charge in [0.1, 0.15) is 0 Å². The first-order chi connectivity index (χ1) is 66.0. The van der Waals surface area contributed by atoms with Gasteiger partial charge in [0.25, 0.3) is 0 Å². The Kier molecular flexibility index (Phi) is 39.9. The molecule has 16 rings (SSSR count). The molecule has 0 bridgehead atoms. The number of aryl methyl sites for hydroxylation is 4. The highest BCUT2D eigenvalue weighted by atomic mass is 79.9. The lowest BCUT2D eigenvalue weighted by molar-refractivity contribution is 0.145. The van der Waals surface area contributed by atoms with Crippen molar-refractivity contribution in [3.05, 3.63) is 321 Å². The molecule has 0 atom stereocenters. The SMILES string of the molecule is CC(C)(C)c1ccc(N(c2ccc(Br)cc2)c2ccc(/C=C/c3ccc(Br)cc3)cc2)cc1.CCCCCCCCC1(CCCCCCCC)c2cc(Br)ccc2-c2cc3c(cc21)-c1ccc(Br)cc1C3(c1ccc(CCCOCC)cc1)c1ccc(CCCOCC)cc1.CCCCCCCCc1c(CCCCCCCC)c2cc(B3OCCO3)ccc2c2ccc(B3OCCO3)cc12. The maximum Gasteiger partial charge on any atom is 0.494 e. The predicted octanol–water partition coefficient (Wildman–Crippen LogP) is 34.7. The number of rotatable bonds is 47. The highest BCUT2D eigenvalue weighted by Gasteiger charge is 2.50. The number of nitrogens with zero attached hydrogens (tertiary/aromatic N) is 1. The van der Waals surface area contributed by atoms with Crippen molar-refractivity contribution in [3.63, 3.8) is 0 Å². The van der Waals surface area contributed by atoms with Crippen LogP contribution >= 0.6 is 63.7 Å². The van der Waals surface area contributed by atoms with Crippen molar-refractivity contribution in [1.29, 1.82) is 0 Å². The summed E-state index contributed by atoms with van der Waals surface area (Å²) in [5, 5.41) is 5.45. The van der Waals surface area contributed by atoms with Crippen LogP contribution in [-0.4, -0.2) is 67.1 Å². The van der Waals surface area contributed by atoms with Crippen LogP contribution in [0.25, 0.3) is 56.0 Å². The number of fused-ring (bicyclic) bond motifs is 9. The van der Waals surface area contributed by atoms with E-state index < -0.39 is 5.41 Å². The van der Waals surface area contributed by atoms with Gasteiger partial charge in [0, 0.05) is 66.8 Å². The van der Waals surface area contributed by atoms with Gasteiger partial charge in [-0.25, -0.2) is 0 Å². The van der Waals surface area contributed by atoms with Gasteiger partial charge in [-0.15, -0.1) is 0 Å². The van der Waals surface area contributed by atoms with E-state index in [-0.39, 0.29) is 25.1 Å². The van der Waals surface area contributed by atoms with Crippen LogP contribution in [0.3, 0.4) is 0 Å². The lowest BCUT2D eigenvalue weighted by Crippen LogP contribution is -2.32. The van der Waals surface area contributed by atoms with E-state index in [1.54, 1.807) is 11.1 Å². The fourth-order valence-corrected chi connectivity index (χ4v) is 22.5. The summed E-state index contributed by atoms with van der Waals surface area (Å²) in [6.07, 6.45) is 44.6. The molecule has 2 aliphatic carbocycles. The van der Waals surface area contributed by atoms with E-state index in [1.165, 1.54) is 276 Å². The van der Waals surface area contributed by atoms with Crippen LogP contribution in [0.1, 0.15) is 314 Å². The van der Waals surface area contributed by atoms with E-state index in [9.17, 15) is 0 Å². The first kappa shape index (κ1) is 103. The van der Waals surface area contributed by atoms with Gasteiger partial charge in [-0.05, 0) is 308 Å². The van der Waals surface area contributed by atoms with Crippen LogP contribution in [0, 0.1) is 0 Å². The number of anilines is 3. The van der Waals surface area contributed by atoms with Crippen molar-refractivity contribution >= 4 is 140 Å². The zero-order valence-corrected chi connectivity index (χ0v) is 88.8. The second-order valence-corrected chi connectivity index (χ2v) is 42.7. The Morgan fingerprint density at radius 2 is 0.674 bits per heavy atom. The normalized spacial score (nSPS) is 14.0. The number of benzene rings is 12. The molecule has 135 heavy (non-hydrogen) atoms. The first-order valence-corrected chi connectivity index (χ1v) is 55.0. The fourth-order valence-electron chi connectivity index (χ4n) is 21.2. The van der Waals surface area contributed by atoms with Crippen molar-refractivity contribution in [3.8, 4) is 22.3 Å². The largest absolute Gasteiger partial charge is 0.494 e. The minimum Gasteiger partial charge on any atom is -0.405 e. The monoisotopic (exact) mass is 2060 g/mol. The Hall–Kier alpha value is -7.49. The summed E-state index contributed by atoms with van der Waals surface area (Å²) in [6, 6.07) is 87.1. The van der Waals surface area contributed by atoms with Crippen LogP contribution in [0.2, 0.25) is 0 Å². The highest BCUT2D eigenvalue weighted by Crippen LogP contribution is 2.63. The standard InChI is InChI=1S/C58H72Br2O2.C34H48B2O4.C30H27Br2N/c1-5-9-11-13-15-17-35-57(36-18-16-14-12-10-6-2)53-39-47(59)31-33-49(53)51-42-56-52(41-54(51)57)50-34-32-48(60)40-55(50)58(56,45-27-23-43(24-28-45)21-19-37-61-7-3)46-29-25-44(26-30-46)22-20-38-62-8-4;1-3-5-7-9-11-13-15-29-30(16-14-12-10-8-6-4-2)34-26-28(36-39-23-24-40-36)18-20-32(34)31-19-17-27(25-33(29)31)35-37-21-22-38-35;1-30(2,3)24-10-18-28(19-11-24)33(29-20-14-26(32)15-21-29)27-16-8-23(9-17-27)5-4-22-6-12-25(31)13-7-22/h23-34,39-42H,5-22,35-38H2,1-4H3;17-20,25-26H,3-16,21-24H2,1-2H3;4-21H,1-3H3/b;;5-4+. The molecule has 0 saturated carbocycles. The van der Waals surface area contributed by atoms with Gasteiger partial charge in [0.15, 0.2) is 0 Å². The van der Waals surface area contributed by atoms with Crippen molar-refractivity contribution in [2.24, 2.45) is 0 Å². The second-order valence-electron chi connectivity index (χ2n) is 39.0. The lowest BCUT2D eigenvalue weighted by atomic mass is 9.66. The fraction of sp³-hybridized carbons (Fsp3) is 0.426. The molecule has 2 fully saturated rings. The number of unbranched alkanes of at least 4 members (excludes halogenated alkanes) is 20. The van der Waals surface area contributed by atoms with Gasteiger partial charge in [0.2, 0.25) is 0 Å². The summed E-state index contributed by atoms with van der Waals surface area (Å²) in [7, 11) is -0.494. The average molecular weight is 2060 g/mol. The summed E-state index contributed by atoms with van der Waals surface area (Å²) in [6.45, 7) is 25.9. The summed E-state index contributed by atoms with van der Waals surface area (Å²) in [5.41, 5.74) is 29.0. The zero-order chi connectivity index (χ0) is 94.4. The molecule has 2 saturated heterocycles. The molecule has 12 aromatic rings. The van der Waals surface area contributed by atoms with Crippen LogP contribution < -0.4 is 15.8 Å². The van der Waals surface area contributed by atoms with Gasteiger partial charge in [-0.2, -0.15) is 0 Å². The summed E-state index contributed by atoms with van der Waals surface area (Å²) in [5.74, 6) is 0. The lowest BCUT2D eigenvalue weighted by Gasteiger charge is -2.35. The maximum atomic E-state index is 5.92. The van der Waals surface area contributed by atoms with E-state index in [2.05, 4.69) is 374 Å². The van der Waals surface area contributed by atoms with Crippen LogP contribution in [0.4, 0.5) is 17.1 Å². The molecule has 710 valence electrons. The van der Waals surface area contributed by atoms with Gasteiger partial charge in [-0.1, -0.05) is 399 Å². The highest BCUT2D eigenvalue weighted by molar-refractivity contribution is 9.11. The van der Waals surface area contributed by atoms with E-state index in [0.29, 0.717) is 26.4 Å². The molecule has 2 heterocycles. The summed E-state index contributed by atoms with van der Waals surface area (Å²) >= 11 is 15.0. The van der Waals surface area contributed by atoms with E-state index in [1.807, 2.05) is 0 Å². The van der Waals surface area contributed by atoms with Gasteiger partial charge < -0.3 is 33.0 Å². The van der Waals surface area contributed by atoms with Crippen LogP contribution in [0.5, 0.6) is 0 Å². The molecule has 7 nitrogen and oxygen atoms in total. The predicted molar refractivity (Wildman–Crippen MR) is 592 cm³/mol. The number of hydrogen-bond donors (Lipinski definition) is 0. The maximum absolute atomic E-state index is 5.92. The Balaban J connectivity index is 0.000000172. The first-order valence-electron chi connectivity index (χ1n) is 51.8. The van der Waals surface area contributed by atoms with Gasteiger partial charge in [0.05, 0.1) is 31.8 Å². The van der Waals surface area contributed by atoms with Gasteiger partial charge in [-0.3, -0.25) is 0 Å². The molecule has 2 aliphatic heterocycles. The summed E-state index contributed by atoms with van der Waals surface area (Å²) < 4.78 is 39.6. The van der Waals surface area contributed by atoms with Gasteiger partial charge >= 0.3 is 14.2 Å². The number of ether oxygens (including phenoxy) is 2. The van der Waals surface area contributed by atoms with E-state index in [0.717, 1.165) is 106 Å². The Morgan fingerprint density at radius 3 is 1.10 bits per heavy atom. The number of hydrogen-bond acceptors (Lipinski definition) is 7. The third-order valence-electron chi connectivity index (χ3n) is 28.5. The quantitative estimate of drug-likeness (QED) is 0.0163. The Bertz CT molecular complexity index is 5560. The van der Waals surface area contributed by atoms with Crippen molar-refractivity contribution in [2.45, 2.75) is 284 Å². The number of halogens is 4. The minimum absolute atomic E-state index is 0.00789. The molecule has 0 unspecified atom stereocenters. The zero-order valence-electron chi connectivity index (χ0n) is 82.4. The third kappa shape index (κ3) is 26.6. The topological polar surface area (TPSA) is 58.6 Å². The molecule has 0 spiro atoms. The smallest absolute Gasteiger partial charge is 0.405 e. The molecule has 0 radical (unpaired) electrons. The van der Waals surface area contributed by atoms with Crippen molar-refractivity contribution in [2.75, 3.05) is 57.8 Å². The van der Waals surface area contributed by atoms with Crippen molar-refractivity contribution in [1.82, 2.24) is 0 Å². The van der Waals surface area contributed by atoms with Crippen LogP contribution in [0.15, 0.2) is 248 Å². The molecular weight excluding hydrogens is 1920 g/mol. The average Bonchev–Trinajstić information content (AvgIpc) is 1.51. The van der Waals surface area contributed by atoms with Crippen LogP contribution in [-0.2, 0) is 70.0 Å². The van der Waals surface area contributed by atoms with Crippen molar-refractivity contribution < 1.29 is 28.1 Å². The molecule has 0 N–H and O–H groups in total. The molecule has 0 amide bonds. The van der Waals surface area contributed by atoms with E-state index >= 15 is 0 Å². The molecule has 12 aromatic carbocycles. The molecule has 4 aliphatic rings. The minimum atomic E-state index is -0.490. The molecule has 0 aromatic heterocycles. The molecular formula is C122H147B2Br4NO6.